The molecule has 1 amide bonds. The lowest BCUT2D eigenvalue weighted by atomic mass is 10.2. The first-order valence-corrected chi connectivity index (χ1v) is 8.44. The molecule has 8 heteroatoms. The number of amides is 1. The van der Waals surface area contributed by atoms with Crippen molar-refractivity contribution in [1.82, 2.24) is 9.97 Å². The van der Waals surface area contributed by atoms with Crippen molar-refractivity contribution in [2.75, 3.05) is 17.7 Å². The van der Waals surface area contributed by atoms with Crippen LogP contribution in [0.15, 0.2) is 24.0 Å². The monoisotopic (exact) mass is 311 g/mol. The van der Waals surface area contributed by atoms with Gasteiger partial charge in [-0.2, -0.15) is 4.98 Å². The third-order valence-electron chi connectivity index (χ3n) is 3.02. The Morgan fingerprint density at radius 2 is 2.24 bits per heavy atom. The van der Waals surface area contributed by atoms with Crippen LogP contribution in [-0.2, 0) is 21.2 Å². The quantitative estimate of drug-likeness (QED) is 0.451. The minimum Gasteiger partial charge on any atom is -0.444 e. The number of ether oxygens (including phenoxy) is 1. The van der Waals surface area contributed by atoms with Gasteiger partial charge in [0.15, 0.2) is 0 Å². The Morgan fingerprint density at radius 1 is 1.48 bits per heavy atom. The third-order valence-corrected chi connectivity index (χ3v) is 3.88. The molecule has 0 radical (unpaired) electrons. The first-order valence-electron chi connectivity index (χ1n) is 6.54. The molecule has 0 aliphatic carbocycles. The van der Waals surface area contributed by atoms with Gasteiger partial charge < -0.3 is 4.74 Å². The molecule has 21 heavy (non-hydrogen) atoms. The maximum atomic E-state index is 11.9. The van der Waals surface area contributed by atoms with E-state index in [1.807, 2.05) is 6.08 Å². The number of hydrogen-bond donors (Lipinski definition) is 0. The molecule has 0 saturated carbocycles. The van der Waals surface area contributed by atoms with Gasteiger partial charge in [0.05, 0.1) is 5.56 Å². The summed E-state index contributed by atoms with van der Waals surface area (Å²) in [6.45, 7) is 4.12. The molecule has 0 saturated heterocycles. The zero-order valence-electron chi connectivity index (χ0n) is 11.8. The maximum absolute atomic E-state index is 11.9. The number of rotatable bonds is 6. The van der Waals surface area contributed by atoms with Gasteiger partial charge in [-0.25, -0.2) is 18.2 Å². The van der Waals surface area contributed by atoms with Gasteiger partial charge in [0, 0.05) is 19.0 Å². The van der Waals surface area contributed by atoms with Crippen LogP contribution in [0.2, 0.25) is 0 Å². The highest BCUT2D eigenvalue weighted by Gasteiger charge is 2.28. The largest absolute Gasteiger partial charge is 0.444 e. The number of allylic oxidation sites excluding steroid dienone is 1. The van der Waals surface area contributed by atoms with Gasteiger partial charge in [0.25, 0.3) is 0 Å². The van der Waals surface area contributed by atoms with Crippen molar-refractivity contribution >= 4 is 21.7 Å². The average molecular weight is 311 g/mol. The van der Waals surface area contributed by atoms with E-state index in [0.29, 0.717) is 17.9 Å². The zero-order valence-corrected chi connectivity index (χ0v) is 12.6. The van der Waals surface area contributed by atoms with Crippen molar-refractivity contribution < 1.29 is 17.9 Å². The van der Waals surface area contributed by atoms with E-state index in [0.717, 1.165) is 25.5 Å². The van der Waals surface area contributed by atoms with E-state index < -0.39 is 15.9 Å². The molecule has 0 unspecified atom stereocenters. The van der Waals surface area contributed by atoms with Crippen LogP contribution in [0.3, 0.4) is 0 Å². The first kappa shape index (κ1) is 15.4. The molecule has 0 atom stereocenters. The van der Waals surface area contributed by atoms with E-state index in [1.54, 1.807) is 0 Å². The summed E-state index contributed by atoms with van der Waals surface area (Å²) >= 11 is 0. The molecule has 0 bridgehead atoms. The van der Waals surface area contributed by atoms with E-state index >= 15 is 0 Å². The van der Waals surface area contributed by atoms with Crippen molar-refractivity contribution in [1.29, 1.82) is 0 Å². The number of carbonyl (C=O) groups is 1. The molecular formula is C13H17N3O4S. The molecule has 2 heterocycles. The minimum absolute atomic E-state index is 0.0569. The topological polar surface area (TPSA) is 89.5 Å². The number of nitrogens with zero attached hydrogens (tertiary/aromatic N) is 3. The number of aromatic nitrogens is 2. The van der Waals surface area contributed by atoms with Gasteiger partial charge in [0.2, 0.25) is 15.0 Å². The molecule has 2 rings (SSSR count). The van der Waals surface area contributed by atoms with E-state index in [1.165, 1.54) is 11.1 Å². The lowest BCUT2D eigenvalue weighted by Gasteiger charge is -2.27. The highest BCUT2D eigenvalue weighted by molar-refractivity contribution is 7.90. The summed E-state index contributed by atoms with van der Waals surface area (Å²) in [5.41, 5.74) is 0.603. The Bertz CT molecular complexity index is 657. The highest BCUT2D eigenvalue weighted by atomic mass is 32.2. The van der Waals surface area contributed by atoms with Crippen molar-refractivity contribution in [2.24, 2.45) is 0 Å². The molecule has 1 aromatic heterocycles. The fourth-order valence-electron chi connectivity index (χ4n) is 1.96. The van der Waals surface area contributed by atoms with Gasteiger partial charge in [-0.3, -0.25) is 4.90 Å². The summed E-state index contributed by atoms with van der Waals surface area (Å²) in [4.78, 5) is 21.0. The normalized spacial score (nSPS) is 14.5. The fourth-order valence-corrected chi connectivity index (χ4v) is 2.45. The Morgan fingerprint density at radius 3 is 2.90 bits per heavy atom. The summed E-state index contributed by atoms with van der Waals surface area (Å²) in [6.07, 6.45) is 6.21. The molecular weight excluding hydrogens is 294 g/mol. The number of fused-ring (bicyclic) bond motifs is 1. The van der Waals surface area contributed by atoms with E-state index in [4.69, 9.17) is 4.74 Å². The van der Waals surface area contributed by atoms with Gasteiger partial charge >= 0.3 is 6.09 Å². The molecule has 1 aliphatic heterocycles. The minimum atomic E-state index is -3.52. The predicted molar refractivity (Wildman–Crippen MR) is 76.7 cm³/mol. The number of anilines is 1. The molecule has 1 aromatic rings. The maximum Gasteiger partial charge on any atom is 0.415 e. The van der Waals surface area contributed by atoms with Crippen molar-refractivity contribution in [2.45, 2.75) is 31.0 Å². The van der Waals surface area contributed by atoms with Crippen molar-refractivity contribution in [3.05, 3.63) is 24.4 Å². The van der Waals surface area contributed by atoms with Crippen LogP contribution in [0.4, 0.5) is 10.6 Å². The molecule has 0 spiro atoms. The first-order chi connectivity index (χ1) is 9.93. The Balaban J connectivity index is 2.27. The Labute approximate surface area is 123 Å². The number of unbranched alkanes of at least 4 members (excludes halogenated alkanes) is 2. The smallest absolute Gasteiger partial charge is 0.415 e. The molecule has 114 valence electrons. The summed E-state index contributed by atoms with van der Waals surface area (Å²) in [7, 11) is -3.52. The molecule has 7 nitrogen and oxygen atoms in total. The summed E-state index contributed by atoms with van der Waals surface area (Å²) < 4.78 is 28.1. The zero-order chi connectivity index (χ0) is 15.5. The Kier molecular flexibility index (Phi) is 4.56. The molecule has 0 fully saturated rings. The van der Waals surface area contributed by atoms with Crippen LogP contribution >= 0.6 is 0 Å². The lowest BCUT2D eigenvalue weighted by molar-refractivity contribution is 0.140. The van der Waals surface area contributed by atoms with Crippen LogP contribution in [-0.4, -0.2) is 37.3 Å². The Hall–Kier alpha value is -1.96. The number of cyclic esters (lactones) is 1. The van der Waals surface area contributed by atoms with Gasteiger partial charge in [-0.15, -0.1) is 6.58 Å². The second-order valence-corrected chi connectivity index (χ2v) is 6.67. The summed E-state index contributed by atoms with van der Waals surface area (Å²) in [5.74, 6) is 0.320. The van der Waals surface area contributed by atoms with Crippen LogP contribution in [0.5, 0.6) is 0 Å². The van der Waals surface area contributed by atoms with Crippen molar-refractivity contribution in [3.8, 4) is 0 Å². The standard InChI is InChI=1S/C13H17N3O4S/c1-3-4-5-6-7-16-11-10(9-20-13(16)17)8-14-12(15-11)21(2,18)19/h3,8H,1,4-7,9H2,2H3. The van der Waals surface area contributed by atoms with Crippen molar-refractivity contribution in [3.63, 3.8) is 0 Å². The number of hydrogen-bond acceptors (Lipinski definition) is 6. The number of sulfone groups is 1. The van der Waals surface area contributed by atoms with Crippen LogP contribution < -0.4 is 4.90 Å². The molecule has 1 aliphatic rings. The highest BCUT2D eigenvalue weighted by Crippen LogP contribution is 2.25. The van der Waals surface area contributed by atoms with Crippen LogP contribution in [0, 0.1) is 0 Å². The molecule has 0 aromatic carbocycles. The number of carbonyl (C=O) groups excluding carboxylic acids is 1. The van der Waals surface area contributed by atoms with E-state index in [-0.39, 0.29) is 11.8 Å². The predicted octanol–water partition coefficient (Wildman–Crippen LogP) is 1.69. The molecule has 0 N–H and O–H groups in total. The average Bonchev–Trinajstić information content (AvgIpc) is 2.44. The van der Waals surface area contributed by atoms with E-state index in [2.05, 4.69) is 16.5 Å². The lowest BCUT2D eigenvalue weighted by Crippen LogP contribution is -2.37. The summed E-state index contributed by atoms with van der Waals surface area (Å²) in [5, 5.41) is -0.285. The second-order valence-electron chi connectivity index (χ2n) is 4.76. The van der Waals surface area contributed by atoms with Crippen LogP contribution in [0.1, 0.15) is 24.8 Å². The van der Waals surface area contributed by atoms with Gasteiger partial charge in [-0.05, 0) is 19.3 Å². The van der Waals surface area contributed by atoms with E-state index in [9.17, 15) is 13.2 Å². The second kappa shape index (κ2) is 6.21. The van der Waals surface area contributed by atoms with Crippen LogP contribution in [0.25, 0.3) is 0 Å². The van der Waals surface area contributed by atoms with Gasteiger partial charge in [0.1, 0.15) is 12.4 Å². The van der Waals surface area contributed by atoms with Gasteiger partial charge in [-0.1, -0.05) is 6.08 Å². The third kappa shape index (κ3) is 3.57. The summed E-state index contributed by atoms with van der Waals surface area (Å²) in [6, 6.07) is 0. The SMILES string of the molecule is C=CCCCCN1C(=O)OCc2cnc(S(C)(=O)=O)nc21. The fraction of sp³-hybridized carbons (Fsp3) is 0.462.